The molecule has 1 nitrogen and oxygen atoms in total. The molecule has 0 aliphatic carbocycles. The van der Waals surface area contributed by atoms with Crippen molar-refractivity contribution in [3.8, 4) is 0 Å². The van der Waals surface area contributed by atoms with Crippen LogP contribution in [0.2, 0.25) is 0 Å². The quantitative estimate of drug-likeness (QED) is 0.698. The summed E-state index contributed by atoms with van der Waals surface area (Å²) in [6.07, 6.45) is 1.28. The fourth-order valence-corrected chi connectivity index (χ4v) is 2.94. The molecule has 1 rings (SSSR count). The summed E-state index contributed by atoms with van der Waals surface area (Å²) in [6, 6.07) is 11.3. The van der Waals surface area contributed by atoms with Crippen molar-refractivity contribution in [1.29, 1.82) is 0 Å². The Morgan fingerprint density at radius 1 is 1.18 bits per heavy atom. The van der Waals surface area contributed by atoms with E-state index >= 15 is 0 Å². The Bertz CT molecular complexity index is 286. The van der Waals surface area contributed by atoms with E-state index in [1.807, 2.05) is 11.8 Å². The molecule has 2 heteroatoms. The fraction of sp³-hybridized carbons (Fsp3) is 0.600. The van der Waals surface area contributed by atoms with E-state index in [1.165, 1.54) is 23.5 Å². The van der Waals surface area contributed by atoms with Gasteiger partial charge in [0.05, 0.1) is 0 Å². The summed E-state index contributed by atoms with van der Waals surface area (Å²) >= 11 is 2.04. The van der Waals surface area contributed by atoms with Gasteiger partial charge in [-0.25, -0.2) is 0 Å². The standard InChI is InChI=1S/C15H25NS/c1-4-16-15(13(3)11-12-17-5-2)14-9-7-6-8-10-14/h6-10,13,15-16H,4-5,11-12H2,1-3H3. The SMILES string of the molecule is CCNC(c1ccccc1)C(C)CCSCC. The first kappa shape index (κ1) is 14.6. The van der Waals surface area contributed by atoms with Crippen LogP contribution in [0.3, 0.4) is 0 Å². The second kappa shape index (κ2) is 8.60. The minimum atomic E-state index is 0.499. The lowest BCUT2D eigenvalue weighted by Gasteiger charge is -2.25. The van der Waals surface area contributed by atoms with Gasteiger partial charge in [-0.1, -0.05) is 51.1 Å². The van der Waals surface area contributed by atoms with Crippen molar-refractivity contribution in [2.75, 3.05) is 18.1 Å². The summed E-state index contributed by atoms with van der Waals surface area (Å²) in [7, 11) is 0. The van der Waals surface area contributed by atoms with Crippen molar-refractivity contribution in [3.05, 3.63) is 35.9 Å². The maximum atomic E-state index is 3.62. The molecule has 0 heterocycles. The number of thioether (sulfide) groups is 1. The Morgan fingerprint density at radius 3 is 2.47 bits per heavy atom. The van der Waals surface area contributed by atoms with Crippen LogP contribution in [0.1, 0.15) is 38.8 Å². The molecule has 0 saturated carbocycles. The van der Waals surface area contributed by atoms with Crippen LogP contribution in [0.5, 0.6) is 0 Å². The Hall–Kier alpha value is -0.470. The zero-order valence-electron chi connectivity index (χ0n) is 11.3. The van der Waals surface area contributed by atoms with Crippen molar-refractivity contribution >= 4 is 11.8 Å². The normalized spacial score (nSPS) is 14.5. The van der Waals surface area contributed by atoms with E-state index in [4.69, 9.17) is 0 Å². The van der Waals surface area contributed by atoms with Gasteiger partial charge >= 0.3 is 0 Å². The van der Waals surface area contributed by atoms with Crippen LogP contribution in [0, 0.1) is 5.92 Å². The summed E-state index contributed by atoms with van der Waals surface area (Å²) in [6.45, 7) is 7.80. The molecule has 0 aromatic heterocycles. The molecule has 0 aliphatic heterocycles. The molecule has 2 unspecified atom stereocenters. The Morgan fingerprint density at radius 2 is 1.88 bits per heavy atom. The average Bonchev–Trinajstić information content (AvgIpc) is 2.37. The first-order valence-corrected chi connectivity index (χ1v) is 7.81. The van der Waals surface area contributed by atoms with Gasteiger partial charge in [-0.05, 0) is 36.0 Å². The van der Waals surface area contributed by atoms with E-state index in [1.54, 1.807) is 0 Å². The van der Waals surface area contributed by atoms with Crippen LogP contribution in [0.25, 0.3) is 0 Å². The highest BCUT2D eigenvalue weighted by Crippen LogP contribution is 2.25. The number of hydrogen-bond acceptors (Lipinski definition) is 2. The van der Waals surface area contributed by atoms with Crippen LogP contribution in [-0.2, 0) is 0 Å². The minimum Gasteiger partial charge on any atom is -0.310 e. The van der Waals surface area contributed by atoms with Gasteiger partial charge < -0.3 is 5.32 Å². The lowest BCUT2D eigenvalue weighted by atomic mass is 9.92. The summed E-state index contributed by atoms with van der Waals surface area (Å²) in [5, 5.41) is 3.62. The number of benzene rings is 1. The largest absolute Gasteiger partial charge is 0.310 e. The first-order chi connectivity index (χ1) is 8.29. The van der Waals surface area contributed by atoms with Crippen molar-refractivity contribution < 1.29 is 0 Å². The van der Waals surface area contributed by atoms with Gasteiger partial charge in [0.2, 0.25) is 0 Å². The smallest absolute Gasteiger partial charge is 0.0346 e. The third-order valence-corrected chi connectivity index (χ3v) is 4.01. The predicted octanol–water partition coefficient (Wildman–Crippen LogP) is 4.12. The second-order valence-electron chi connectivity index (χ2n) is 4.41. The van der Waals surface area contributed by atoms with Crippen LogP contribution < -0.4 is 5.32 Å². The molecule has 0 fully saturated rings. The van der Waals surface area contributed by atoms with Gasteiger partial charge in [0.1, 0.15) is 0 Å². The molecule has 0 saturated heterocycles. The fourth-order valence-electron chi connectivity index (χ4n) is 2.11. The molecule has 1 aromatic carbocycles. The Labute approximate surface area is 110 Å². The van der Waals surface area contributed by atoms with Gasteiger partial charge in [-0.2, -0.15) is 11.8 Å². The van der Waals surface area contributed by atoms with Crippen LogP contribution in [0.15, 0.2) is 30.3 Å². The highest BCUT2D eigenvalue weighted by Gasteiger charge is 2.17. The van der Waals surface area contributed by atoms with E-state index in [0.29, 0.717) is 12.0 Å². The molecular formula is C15H25NS. The zero-order chi connectivity index (χ0) is 12.5. The monoisotopic (exact) mass is 251 g/mol. The minimum absolute atomic E-state index is 0.499. The van der Waals surface area contributed by atoms with E-state index < -0.39 is 0 Å². The first-order valence-electron chi connectivity index (χ1n) is 6.65. The summed E-state index contributed by atoms with van der Waals surface area (Å²) in [5.41, 5.74) is 1.42. The molecule has 0 bridgehead atoms. The van der Waals surface area contributed by atoms with Crippen molar-refractivity contribution in [2.24, 2.45) is 5.92 Å². The summed E-state index contributed by atoms with van der Waals surface area (Å²) in [5.74, 6) is 3.19. The molecule has 1 N–H and O–H groups in total. The second-order valence-corrected chi connectivity index (χ2v) is 5.80. The third kappa shape index (κ3) is 5.13. The average molecular weight is 251 g/mol. The topological polar surface area (TPSA) is 12.0 Å². The van der Waals surface area contributed by atoms with E-state index in [-0.39, 0.29) is 0 Å². The predicted molar refractivity (Wildman–Crippen MR) is 79.6 cm³/mol. The van der Waals surface area contributed by atoms with E-state index in [9.17, 15) is 0 Å². The Balaban J connectivity index is 2.58. The molecular weight excluding hydrogens is 226 g/mol. The van der Waals surface area contributed by atoms with Gasteiger partial charge in [0, 0.05) is 6.04 Å². The molecule has 0 aliphatic rings. The highest BCUT2D eigenvalue weighted by atomic mass is 32.2. The van der Waals surface area contributed by atoms with Gasteiger partial charge in [-0.3, -0.25) is 0 Å². The van der Waals surface area contributed by atoms with Crippen molar-refractivity contribution in [1.82, 2.24) is 5.32 Å². The highest BCUT2D eigenvalue weighted by molar-refractivity contribution is 7.99. The number of hydrogen-bond donors (Lipinski definition) is 1. The van der Waals surface area contributed by atoms with Crippen molar-refractivity contribution in [3.63, 3.8) is 0 Å². The molecule has 0 radical (unpaired) electrons. The molecule has 2 atom stereocenters. The molecule has 96 valence electrons. The number of rotatable bonds is 8. The third-order valence-electron chi connectivity index (χ3n) is 3.07. The van der Waals surface area contributed by atoms with Gasteiger partial charge in [0.15, 0.2) is 0 Å². The lowest BCUT2D eigenvalue weighted by Crippen LogP contribution is -2.27. The molecule has 0 spiro atoms. The lowest BCUT2D eigenvalue weighted by molar-refractivity contribution is 0.386. The van der Waals surface area contributed by atoms with Crippen LogP contribution in [-0.4, -0.2) is 18.1 Å². The van der Waals surface area contributed by atoms with Crippen molar-refractivity contribution in [2.45, 2.75) is 33.2 Å². The maximum absolute atomic E-state index is 3.62. The molecule has 1 aromatic rings. The maximum Gasteiger partial charge on any atom is 0.0346 e. The van der Waals surface area contributed by atoms with Crippen LogP contribution >= 0.6 is 11.8 Å². The zero-order valence-corrected chi connectivity index (χ0v) is 12.1. The van der Waals surface area contributed by atoms with E-state index in [0.717, 1.165) is 6.54 Å². The van der Waals surface area contributed by atoms with E-state index in [2.05, 4.69) is 56.4 Å². The molecule has 0 amide bonds. The number of nitrogens with one attached hydrogen (secondary N) is 1. The molecule has 17 heavy (non-hydrogen) atoms. The summed E-state index contributed by atoms with van der Waals surface area (Å²) in [4.78, 5) is 0. The Kier molecular flexibility index (Phi) is 7.38. The van der Waals surface area contributed by atoms with Crippen LogP contribution in [0.4, 0.5) is 0 Å². The van der Waals surface area contributed by atoms with Gasteiger partial charge in [-0.15, -0.1) is 0 Å². The van der Waals surface area contributed by atoms with Gasteiger partial charge in [0.25, 0.3) is 0 Å². The summed E-state index contributed by atoms with van der Waals surface area (Å²) < 4.78 is 0.